The van der Waals surface area contributed by atoms with Crippen molar-refractivity contribution in [2.45, 2.75) is 46.7 Å². The van der Waals surface area contributed by atoms with Crippen LogP contribution in [-0.2, 0) is 0 Å². The van der Waals surface area contributed by atoms with Gasteiger partial charge in [0.15, 0.2) is 0 Å². The largest absolute Gasteiger partial charge is 0.306 e. The monoisotopic (exact) mass is 343 g/mol. The van der Waals surface area contributed by atoms with Crippen molar-refractivity contribution in [1.29, 1.82) is 0 Å². The van der Waals surface area contributed by atoms with Gasteiger partial charge < -0.3 is 5.32 Å². The van der Waals surface area contributed by atoms with E-state index in [1.807, 2.05) is 0 Å². The minimum Gasteiger partial charge on any atom is -0.306 e. The molecule has 2 rings (SSSR count). The van der Waals surface area contributed by atoms with E-state index in [1.165, 1.54) is 9.13 Å². The second-order valence-corrected chi connectivity index (χ2v) is 7.56. The summed E-state index contributed by atoms with van der Waals surface area (Å²) in [5.41, 5.74) is 2.19. The Balaban J connectivity index is 2.04. The molecule has 0 spiro atoms. The van der Waals surface area contributed by atoms with Crippen LogP contribution in [0.5, 0.6) is 0 Å². The lowest BCUT2D eigenvalue weighted by molar-refractivity contribution is 0.457. The van der Waals surface area contributed by atoms with Crippen molar-refractivity contribution in [3.8, 4) is 0 Å². The van der Waals surface area contributed by atoms with Crippen molar-refractivity contribution in [3.05, 3.63) is 33.4 Å². The molecule has 0 radical (unpaired) electrons. The van der Waals surface area contributed by atoms with Gasteiger partial charge in [-0.05, 0) is 58.0 Å². The number of rotatable bonds is 3. The highest BCUT2D eigenvalue weighted by atomic mass is 127. The number of benzene rings is 1. The third kappa shape index (κ3) is 2.26. The van der Waals surface area contributed by atoms with Crippen LogP contribution >= 0.6 is 22.6 Å². The van der Waals surface area contributed by atoms with Crippen molar-refractivity contribution >= 4 is 22.6 Å². The van der Waals surface area contributed by atoms with Crippen molar-refractivity contribution in [2.24, 2.45) is 10.8 Å². The maximum Gasteiger partial charge on any atom is 0.0294 e. The smallest absolute Gasteiger partial charge is 0.0294 e. The molecule has 0 aliphatic heterocycles. The minimum absolute atomic E-state index is 0.407. The second-order valence-electron chi connectivity index (χ2n) is 6.32. The lowest BCUT2D eigenvalue weighted by Crippen LogP contribution is -2.25. The van der Waals surface area contributed by atoms with Crippen molar-refractivity contribution in [3.63, 3.8) is 0 Å². The molecule has 1 fully saturated rings. The molecule has 1 nitrogen and oxygen atoms in total. The van der Waals surface area contributed by atoms with E-state index in [0.29, 0.717) is 22.9 Å². The number of nitrogens with one attached hydrogen (secondary N) is 1. The quantitative estimate of drug-likeness (QED) is 0.804. The summed E-state index contributed by atoms with van der Waals surface area (Å²) < 4.78 is 1.30. The van der Waals surface area contributed by atoms with E-state index in [1.54, 1.807) is 0 Å². The summed E-state index contributed by atoms with van der Waals surface area (Å²) in [6.07, 6.45) is 0. The fourth-order valence-electron chi connectivity index (χ4n) is 2.71. The first kappa shape index (κ1) is 13.3. The van der Waals surface area contributed by atoms with Gasteiger partial charge in [-0.1, -0.05) is 39.8 Å². The SMILES string of the molecule is CC(NC1C(C)(C)C1(C)C)c1ccc(I)cc1. The fourth-order valence-corrected chi connectivity index (χ4v) is 3.07. The summed E-state index contributed by atoms with van der Waals surface area (Å²) >= 11 is 2.35. The zero-order valence-electron chi connectivity index (χ0n) is 11.3. The molecule has 94 valence electrons. The summed E-state index contributed by atoms with van der Waals surface area (Å²) in [5.74, 6) is 0. The van der Waals surface area contributed by atoms with E-state index in [-0.39, 0.29) is 0 Å². The zero-order valence-corrected chi connectivity index (χ0v) is 13.5. The molecule has 0 heterocycles. The van der Waals surface area contributed by atoms with E-state index < -0.39 is 0 Å². The molecule has 2 heteroatoms. The first-order valence-corrected chi connectivity index (χ1v) is 7.36. The Morgan fingerprint density at radius 1 is 1.06 bits per heavy atom. The molecule has 0 amide bonds. The van der Waals surface area contributed by atoms with Crippen LogP contribution in [0.25, 0.3) is 0 Å². The van der Waals surface area contributed by atoms with Gasteiger partial charge in [0.1, 0.15) is 0 Å². The summed E-state index contributed by atoms with van der Waals surface area (Å²) in [6, 6.07) is 9.85. The molecule has 1 N–H and O–H groups in total. The summed E-state index contributed by atoms with van der Waals surface area (Å²) in [6.45, 7) is 11.7. The van der Waals surface area contributed by atoms with Gasteiger partial charge in [0.05, 0.1) is 0 Å². The average molecular weight is 343 g/mol. The maximum absolute atomic E-state index is 3.77. The Morgan fingerprint density at radius 3 is 1.94 bits per heavy atom. The van der Waals surface area contributed by atoms with Crippen molar-refractivity contribution < 1.29 is 0 Å². The van der Waals surface area contributed by atoms with Crippen LogP contribution in [0.15, 0.2) is 24.3 Å². The molecule has 0 aromatic heterocycles. The molecule has 1 atom stereocenters. The van der Waals surface area contributed by atoms with Gasteiger partial charge in [0.2, 0.25) is 0 Å². The number of hydrogen-bond acceptors (Lipinski definition) is 1. The molecule has 0 bridgehead atoms. The Morgan fingerprint density at radius 2 is 1.53 bits per heavy atom. The minimum atomic E-state index is 0.407. The summed E-state index contributed by atoms with van der Waals surface area (Å²) in [4.78, 5) is 0. The standard InChI is InChI=1S/C15H22IN/c1-10(11-6-8-12(16)9-7-11)17-13-14(2,3)15(13,4)5/h6-10,13,17H,1-5H3. The highest BCUT2D eigenvalue weighted by molar-refractivity contribution is 14.1. The first-order chi connectivity index (χ1) is 7.76. The molecule has 1 aromatic carbocycles. The van der Waals surface area contributed by atoms with E-state index in [2.05, 4.69) is 86.8 Å². The Labute approximate surface area is 119 Å². The lowest BCUT2D eigenvalue weighted by atomic mass is 10.0. The van der Waals surface area contributed by atoms with Crippen LogP contribution in [-0.4, -0.2) is 6.04 Å². The highest BCUT2D eigenvalue weighted by Crippen LogP contribution is 2.63. The third-order valence-electron chi connectivity index (χ3n) is 4.81. The van der Waals surface area contributed by atoms with Gasteiger partial charge in [0, 0.05) is 15.7 Å². The van der Waals surface area contributed by atoms with E-state index in [9.17, 15) is 0 Å². The highest BCUT2D eigenvalue weighted by Gasteiger charge is 2.64. The van der Waals surface area contributed by atoms with Gasteiger partial charge in [-0.25, -0.2) is 0 Å². The van der Waals surface area contributed by atoms with E-state index in [0.717, 1.165) is 0 Å². The average Bonchev–Trinajstić information content (AvgIpc) is 2.62. The topological polar surface area (TPSA) is 12.0 Å². The number of hydrogen-bond donors (Lipinski definition) is 1. The molecule has 1 aliphatic carbocycles. The van der Waals surface area contributed by atoms with Crippen LogP contribution in [0.4, 0.5) is 0 Å². The lowest BCUT2D eigenvalue weighted by Gasteiger charge is -2.16. The maximum atomic E-state index is 3.77. The summed E-state index contributed by atoms with van der Waals surface area (Å²) in [5, 5.41) is 3.77. The predicted molar refractivity (Wildman–Crippen MR) is 82.1 cm³/mol. The third-order valence-corrected chi connectivity index (χ3v) is 5.53. The molecular weight excluding hydrogens is 321 g/mol. The number of halogens is 1. The molecule has 1 aromatic rings. The van der Waals surface area contributed by atoms with Crippen LogP contribution in [0, 0.1) is 14.4 Å². The Hall–Kier alpha value is -0.0900. The molecule has 0 saturated heterocycles. The van der Waals surface area contributed by atoms with Gasteiger partial charge in [-0.2, -0.15) is 0 Å². The predicted octanol–water partition coefficient (Wildman–Crippen LogP) is 4.38. The summed E-state index contributed by atoms with van der Waals surface area (Å²) in [7, 11) is 0. The second kappa shape index (κ2) is 4.23. The van der Waals surface area contributed by atoms with Gasteiger partial charge in [-0.15, -0.1) is 0 Å². The van der Waals surface area contributed by atoms with Crippen molar-refractivity contribution in [2.75, 3.05) is 0 Å². The van der Waals surface area contributed by atoms with Crippen molar-refractivity contribution in [1.82, 2.24) is 5.32 Å². The normalized spacial score (nSPS) is 23.4. The van der Waals surface area contributed by atoms with E-state index >= 15 is 0 Å². The molecular formula is C15H22IN. The van der Waals surface area contributed by atoms with Gasteiger partial charge in [0.25, 0.3) is 0 Å². The molecule has 1 unspecified atom stereocenters. The molecule has 17 heavy (non-hydrogen) atoms. The van der Waals surface area contributed by atoms with Crippen LogP contribution < -0.4 is 5.32 Å². The van der Waals surface area contributed by atoms with Crippen LogP contribution in [0.2, 0.25) is 0 Å². The Kier molecular flexibility index (Phi) is 3.32. The van der Waals surface area contributed by atoms with E-state index in [4.69, 9.17) is 0 Å². The van der Waals surface area contributed by atoms with Gasteiger partial charge in [-0.3, -0.25) is 0 Å². The Bertz CT molecular complexity index is 391. The molecule has 1 saturated carbocycles. The van der Waals surface area contributed by atoms with Crippen LogP contribution in [0.1, 0.15) is 46.2 Å². The van der Waals surface area contributed by atoms with Crippen LogP contribution in [0.3, 0.4) is 0 Å². The molecule has 1 aliphatic rings. The fraction of sp³-hybridized carbons (Fsp3) is 0.600. The zero-order chi connectivity index (χ0) is 12.8. The first-order valence-electron chi connectivity index (χ1n) is 6.28. The van der Waals surface area contributed by atoms with Gasteiger partial charge >= 0.3 is 0 Å².